The molecular formula is C22H24O8. The maximum Gasteiger partial charge on any atom is 0.339 e. The van der Waals surface area contributed by atoms with Crippen LogP contribution in [-0.2, 0) is 20.7 Å². The van der Waals surface area contributed by atoms with Crippen LogP contribution in [0.5, 0.6) is 23.0 Å². The van der Waals surface area contributed by atoms with E-state index in [0.717, 1.165) is 11.1 Å². The van der Waals surface area contributed by atoms with E-state index in [1.165, 1.54) is 7.11 Å². The Morgan fingerprint density at radius 3 is 2.53 bits per heavy atom. The lowest BCUT2D eigenvalue weighted by atomic mass is 9.79. The smallest absolute Gasteiger partial charge is 0.339 e. The van der Waals surface area contributed by atoms with Gasteiger partial charge in [-0.05, 0) is 35.4 Å². The number of aliphatic hydroxyl groups is 1. The highest BCUT2D eigenvalue weighted by Gasteiger charge is 2.55. The molecule has 0 radical (unpaired) electrons. The predicted octanol–water partition coefficient (Wildman–Crippen LogP) is 2.27. The van der Waals surface area contributed by atoms with Crippen molar-refractivity contribution in [2.45, 2.75) is 18.1 Å². The summed E-state index contributed by atoms with van der Waals surface area (Å²) in [6.45, 7) is 0.186. The van der Waals surface area contributed by atoms with Gasteiger partial charge in [0.2, 0.25) is 6.79 Å². The van der Waals surface area contributed by atoms with E-state index in [-0.39, 0.29) is 19.8 Å². The number of carbonyl (C=O) groups excluding carboxylic acids is 1. The second-order valence-corrected chi connectivity index (χ2v) is 7.26. The Kier molecular flexibility index (Phi) is 5.44. The standard InChI is InChI=1S/C22H24O8/c1-25-16-7-5-14(9-18(16)26-2)20(27-3)15-11-28-21(23)22(15,24)10-13-4-6-17-19(8-13)30-12-29-17/h4-9,15,20,24H,10-12H2,1-3H3/t15-,20-,22+/m0/s1. The summed E-state index contributed by atoms with van der Waals surface area (Å²) in [5.41, 5.74) is -0.294. The zero-order chi connectivity index (χ0) is 21.3. The molecule has 0 bridgehead atoms. The van der Waals surface area contributed by atoms with E-state index in [1.807, 2.05) is 6.07 Å². The van der Waals surface area contributed by atoms with Gasteiger partial charge in [-0.1, -0.05) is 12.1 Å². The number of benzene rings is 2. The second kappa shape index (κ2) is 8.04. The van der Waals surface area contributed by atoms with Crippen LogP contribution in [0.25, 0.3) is 0 Å². The van der Waals surface area contributed by atoms with Gasteiger partial charge in [0.25, 0.3) is 0 Å². The summed E-state index contributed by atoms with van der Waals surface area (Å²) in [5, 5.41) is 11.4. The molecule has 2 aromatic carbocycles. The maximum atomic E-state index is 12.6. The van der Waals surface area contributed by atoms with Crippen molar-refractivity contribution in [1.29, 1.82) is 0 Å². The van der Waals surface area contributed by atoms with Gasteiger partial charge in [-0.3, -0.25) is 0 Å². The van der Waals surface area contributed by atoms with Gasteiger partial charge in [0.15, 0.2) is 28.6 Å². The van der Waals surface area contributed by atoms with Gasteiger partial charge < -0.3 is 33.5 Å². The van der Waals surface area contributed by atoms with Crippen LogP contribution < -0.4 is 18.9 Å². The van der Waals surface area contributed by atoms with Gasteiger partial charge in [0.1, 0.15) is 6.61 Å². The number of esters is 1. The number of ether oxygens (including phenoxy) is 6. The number of hydrogen-bond donors (Lipinski definition) is 1. The molecular weight excluding hydrogens is 392 g/mol. The minimum atomic E-state index is -1.76. The molecule has 0 aliphatic carbocycles. The molecule has 2 heterocycles. The topological polar surface area (TPSA) is 92.7 Å². The van der Waals surface area contributed by atoms with Crippen LogP contribution in [0.3, 0.4) is 0 Å². The predicted molar refractivity (Wildman–Crippen MR) is 105 cm³/mol. The minimum Gasteiger partial charge on any atom is -0.493 e. The molecule has 2 aliphatic rings. The highest BCUT2D eigenvalue weighted by molar-refractivity contribution is 5.82. The molecule has 160 valence electrons. The number of hydrogen-bond acceptors (Lipinski definition) is 8. The Labute approximate surface area is 174 Å². The third-order valence-electron chi connectivity index (χ3n) is 5.63. The minimum absolute atomic E-state index is 0.0345. The van der Waals surface area contributed by atoms with Crippen LogP contribution in [0.15, 0.2) is 36.4 Å². The van der Waals surface area contributed by atoms with Crippen LogP contribution in [-0.4, -0.2) is 51.4 Å². The zero-order valence-electron chi connectivity index (χ0n) is 17.0. The highest BCUT2D eigenvalue weighted by Crippen LogP contribution is 2.43. The third-order valence-corrected chi connectivity index (χ3v) is 5.63. The lowest BCUT2D eigenvalue weighted by molar-refractivity contribution is -0.156. The molecule has 8 heteroatoms. The normalized spacial score (nSPS) is 23.2. The van der Waals surface area contributed by atoms with Crippen molar-refractivity contribution in [3.8, 4) is 23.0 Å². The first kappa shape index (κ1) is 20.3. The fourth-order valence-electron chi connectivity index (χ4n) is 4.05. The van der Waals surface area contributed by atoms with Gasteiger partial charge in [0.05, 0.1) is 26.2 Å². The number of rotatable bonds is 7. The Balaban J connectivity index is 1.65. The highest BCUT2D eigenvalue weighted by atomic mass is 16.7. The van der Waals surface area contributed by atoms with E-state index >= 15 is 0 Å². The number of carbonyl (C=O) groups is 1. The van der Waals surface area contributed by atoms with E-state index < -0.39 is 23.6 Å². The average molecular weight is 416 g/mol. The molecule has 3 atom stereocenters. The Morgan fingerprint density at radius 2 is 1.80 bits per heavy atom. The van der Waals surface area contributed by atoms with E-state index in [4.69, 9.17) is 28.4 Å². The molecule has 8 nitrogen and oxygen atoms in total. The quantitative estimate of drug-likeness (QED) is 0.688. The summed E-state index contributed by atoms with van der Waals surface area (Å²) in [5.74, 6) is 1.02. The van der Waals surface area contributed by atoms with Crippen molar-refractivity contribution in [3.05, 3.63) is 47.5 Å². The van der Waals surface area contributed by atoms with E-state index in [0.29, 0.717) is 23.0 Å². The van der Waals surface area contributed by atoms with Crippen molar-refractivity contribution >= 4 is 5.97 Å². The van der Waals surface area contributed by atoms with Crippen molar-refractivity contribution < 1.29 is 38.3 Å². The first-order valence-corrected chi connectivity index (χ1v) is 9.53. The molecule has 1 N–H and O–H groups in total. The number of cyclic esters (lactones) is 1. The molecule has 0 spiro atoms. The molecule has 0 unspecified atom stereocenters. The van der Waals surface area contributed by atoms with Crippen molar-refractivity contribution in [2.75, 3.05) is 34.7 Å². The molecule has 4 rings (SSSR count). The second-order valence-electron chi connectivity index (χ2n) is 7.26. The van der Waals surface area contributed by atoms with E-state index in [9.17, 15) is 9.90 Å². The van der Waals surface area contributed by atoms with Crippen molar-refractivity contribution in [2.24, 2.45) is 5.92 Å². The Hall–Kier alpha value is -2.97. The van der Waals surface area contributed by atoms with Gasteiger partial charge in [-0.25, -0.2) is 4.79 Å². The summed E-state index contributed by atoms with van der Waals surface area (Å²) in [6, 6.07) is 10.7. The Bertz CT molecular complexity index is 943. The van der Waals surface area contributed by atoms with Crippen LogP contribution >= 0.6 is 0 Å². The van der Waals surface area contributed by atoms with E-state index in [1.54, 1.807) is 44.6 Å². The summed E-state index contributed by atoms with van der Waals surface area (Å²) in [7, 11) is 4.63. The third kappa shape index (κ3) is 3.42. The summed E-state index contributed by atoms with van der Waals surface area (Å²) < 4.78 is 32.4. The van der Waals surface area contributed by atoms with Gasteiger partial charge in [0, 0.05) is 13.5 Å². The van der Waals surface area contributed by atoms with Crippen LogP contribution in [0.4, 0.5) is 0 Å². The molecule has 0 amide bonds. The molecule has 0 saturated carbocycles. The van der Waals surface area contributed by atoms with Crippen LogP contribution in [0, 0.1) is 5.92 Å². The zero-order valence-corrected chi connectivity index (χ0v) is 17.0. The lowest BCUT2D eigenvalue weighted by Crippen LogP contribution is -2.45. The van der Waals surface area contributed by atoms with Crippen molar-refractivity contribution in [1.82, 2.24) is 0 Å². The summed E-state index contributed by atoms with van der Waals surface area (Å²) >= 11 is 0. The summed E-state index contributed by atoms with van der Waals surface area (Å²) in [4.78, 5) is 12.6. The average Bonchev–Trinajstić information content (AvgIpc) is 3.33. The van der Waals surface area contributed by atoms with Crippen LogP contribution in [0.2, 0.25) is 0 Å². The van der Waals surface area contributed by atoms with Gasteiger partial charge >= 0.3 is 5.97 Å². The first-order chi connectivity index (χ1) is 14.5. The SMILES string of the molecule is COc1ccc([C@H](OC)[C@@H]2COC(=O)[C@@]2(O)Cc2ccc3c(c2)OCO3)cc1OC. The maximum absolute atomic E-state index is 12.6. The number of fused-ring (bicyclic) bond motifs is 1. The monoisotopic (exact) mass is 416 g/mol. The van der Waals surface area contributed by atoms with Crippen LogP contribution in [0.1, 0.15) is 17.2 Å². The molecule has 2 aromatic rings. The Morgan fingerprint density at radius 1 is 1.03 bits per heavy atom. The van der Waals surface area contributed by atoms with Gasteiger partial charge in [-0.2, -0.15) is 0 Å². The molecule has 2 aliphatic heterocycles. The summed E-state index contributed by atoms with van der Waals surface area (Å²) in [6.07, 6.45) is -0.546. The fraction of sp³-hybridized carbons (Fsp3) is 0.409. The van der Waals surface area contributed by atoms with Gasteiger partial charge in [-0.15, -0.1) is 0 Å². The molecule has 0 aromatic heterocycles. The first-order valence-electron chi connectivity index (χ1n) is 9.53. The molecule has 1 fully saturated rings. The number of methoxy groups -OCH3 is 3. The fourth-order valence-corrected chi connectivity index (χ4v) is 4.05. The largest absolute Gasteiger partial charge is 0.493 e. The molecule has 30 heavy (non-hydrogen) atoms. The molecule has 1 saturated heterocycles. The van der Waals surface area contributed by atoms with E-state index in [2.05, 4.69) is 0 Å². The van der Waals surface area contributed by atoms with Crippen molar-refractivity contribution in [3.63, 3.8) is 0 Å². The lowest BCUT2D eigenvalue weighted by Gasteiger charge is -2.31.